The Bertz CT molecular complexity index is 1290. The smallest absolute Gasteiger partial charge is 0.244 e. The minimum atomic E-state index is -3.64. The number of carbonyl (C=O) groups is 1. The highest BCUT2D eigenvalue weighted by Crippen LogP contribution is 2.31. The number of piperidine rings is 1. The largest absolute Gasteiger partial charge is 0.326 e. The number of hydrogen-bond acceptors (Lipinski definition) is 3. The molecule has 1 aliphatic heterocycles. The van der Waals surface area contributed by atoms with E-state index in [9.17, 15) is 13.2 Å². The molecule has 5 nitrogen and oxygen atoms in total. The second-order valence-corrected chi connectivity index (χ2v) is 12.4. The summed E-state index contributed by atoms with van der Waals surface area (Å²) in [7, 11) is -3.64. The third kappa shape index (κ3) is 6.23. The fraction of sp³-hybridized carbons (Fsp3) is 0.296. The van der Waals surface area contributed by atoms with Gasteiger partial charge < -0.3 is 5.32 Å². The van der Waals surface area contributed by atoms with Gasteiger partial charge in [-0.05, 0) is 82.2 Å². The van der Waals surface area contributed by atoms with Gasteiger partial charge in [0.15, 0.2) is 0 Å². The molecule has 1 heterocycles. The molecule has 1 fully saturated rings. The van der Waals surface area contributed by atoms with Crippen LogP contribution in [-0.4, -0.2) is 31.7 Å². The van der Waals surface area contributed by atoms with Crippen LogP contribution in [0.15, 0.2) is 80.6 Å². The van der Waals surface area contributed by atoms with Crippen molar-refractivity contribution in [1.29, 1.82) is 0 Å². The molecule has 0 aliphatic carbocycles. The van der Waals surface area contributed by atoms with Gasteiger partial charge in [0, 0.05) is 33.6 Å². The molecule has 1 N–H and O–H groups in total. The molecule has 0 atom stereocenters. The van der Waals surface area contributed by atoms with E-state index >= 15 is 0 Å². The van der Waals surface area contributed by atoms with Crippen LogP contribution in [0.1, 0.15) is 31.7 Å². The van der Waals surface area contributed by atoms with Crippen molar-refractivity contribution in [3.63, 3.8) is 0 Å². The van der Waals surface area contributed by atoms with Gasteiger partial charge in [0.1, 0.15) is 0 Å². The Morgan fingerprint density at radius 1 is 0.943 bits per heavy atom. The Morgan fingerprint density at radius 2 is 1.54 bits per heavy atom. The second kappa shape index (κ2) is 11.4. The van der Waals surface area contributed by atoms with Crippen LogP contribution in [0.5, 0.6) is 0 Å². The molecule has 0 aromatic heterocycles. The molecule has 0 saturated carbocycles. The topological polar surface area (TPSA) is 66.5 Å². The molecule has 8 heteroatoms. The van der Waals surface area contributed by atoms with Crippen molar-refractivity contribution in [2.24, 2.45) is 5.92 Å². The van der Waals surface area contributed by atoms with E-state index in [2.05, 4.69) is 68.4 Å². The van der Waals surface area contributed by atoms with E-state index in [0.29, 0.717) is 34.9 Å². The molecule has 4 rings (SSSR count). The highest BCUT2D eigenvalue weighted by Gasteiger charge is 2.33. The highest BCUT2D eigenvalue weighted by atomic mass is 79.9. The molecule has 184 valence electrons. The van der Waals surface area contributed by atoms with Crippen LogP contribution in [0.25, 0.3) is 11.1 Å². The van der Waals surface area contributed by atoms with Crippen molar-refractivity contribution in [2.75, 3.05) is 18.4 Å². The quantitative estimate of drug-likeness (QED) is 0.314. The zero-order chi connectivity index (χ0) is 25.0. The van der Waals surface area contributed by atoms with Crippen molar-refractivity contribution in [1.82, 2.24) is 4.31 Å². The third-order valence-corrected chi connectivity index (χ3v) is 9.70. The maximum atomic E-state index is 13.1. The van der Waals surface area contributed by atoms with E-state index in [-0.39, 0.29) is 16.7 Å². The number of aryl methyl sites for hydroxylation is 1. The van der Waals surface area contributed by atoms with Gasteiger partial charge in [-0.1, -0.05) is 65.7 Å². The molecule has 3 aromatic carbocycles. The number of amides is 1. The third-order valence-electron chi connectivity index (χ3n) is 6.31. The summed E-state index contributed by atoms with van der Waals surface area (Å²) >= 11 is 6.69. The Kier molecular flexibility index (Phi) is 8.47. The Labute approximate surface area is 224 Å². The van der Waals surface area contributed by atoms with Crippen LogP contribution in [0.4, 0.5) is 5.69 Å². The Hall–Kier alpha value is -2.00. The van der Waals surface area contributed by atoms with Gasteiger partial charge in [-0.3, -0.25) is 4.79 Å². The van der Waals surface area contributed by atoms with E-state index in [0.717, 1.165) is 29.7 Å². The predicted octanol–water partition coefficient (Wildman–Crippen LogP) is 6.87. The minimum Gasteiger partial charge on any atom is -0.326 e. The summed E-state index contributed by atoms with van der Waals surface area (Å²) < 4.78 is 28.9. The first kappa shape index (κ1) is 26.1. The number of nitrogens with zero attached hydrogens (tertiary/aromatic N) is 1. The SMILES string of the molecule is CCCc1ccc(-c2ccc(NC(=O)C3CCN(S(=O)(=O)c4cc(Br)ccc4Br)CC3)cc2)cc1. The molecular formula is C27H28Br2N2O3S. The summed E-state index contributed by atoms with van der Waals surface area (Å²) in [6.45, 7) is 2.80. The van der Waals surface area contributed by atoms with Crippen LogP contribution >= 0.6 is 31.9 Å². The lowest BCUT2D eigenvalue weighted by molar-refractivity contribution is -0.120. The molecule has 0 radical (unpaired) electrons. The molecule has 1 aliphatic rings. The van der Waals surface area contributed by atoms with Crippen LogP contribution < -0.4 is 5.32 Å². The summed E-state index contributed by atoms with van der Waals surface area (Å²) in [5.41, 5.74) is 4.33. The Morgan fingerprint density at radius 3 is 2.14 bits per heavy atom. The van der Waals surface area contributed by atoms with E-state index < -0.39 is 10.0 Å². The number of halogens is 2. The Balaban J connectivity index is 1.34. The van der Waals surface area contributed by atoms with Gasteiger partial charge in [0.25, 0.3) is 0 Å². The first-order chi connectivity index (χ1) is 16.8. The van der Waals surface area contributed by atoms with E-state index in [4.69, 9.17) is 0 Å². The average Bonchev–Trinajstić information content (AvgIpc) is 2.86. The highest BCUT2D eigenvalue weighted by molar-refractivity contribution is 9.11. The zero-order valence-corrected chi connectivity index (χ0v) is 23.5. The maximum absolute atomic E-state index is 13.1. The molecule has 1 saturated heterocycles. The van der Waals surface area contributed by atoms with E-state index in [1.165, 1.54) is 9.87 Å². The molecule has 1 amide bonds. The number of rotatable bonds is 7. The van der Waals surface area contributed by atoms with Crippen molar-refractivity contribution in [3.8, 4) is 11.1 Å². The summed E-state index contributed by atoms with van der Waals surface area (Å²) in [6.07, 6.45) is 3.18. The number of benzene rings is 3. The number of anilines is 1. The summed E-state index contributed by atoms with van der Waals surface area (Å²) in [4.78, 5) is 13.1. The first-order valence-electron chi connectivity index (χ1n) is 11.7. The van der Waals surface area contributed by atoms with Gasteiger partial charge in [-0.2, -0.15) is 4.31 Å². The van der Waals surface area contributed by atoms with Crippen molar-refractivity contribution >= 4 is 53.5 Å². The first-order valence-corrected chi connectivity index (χ1v) is 14.8. The van der Waals surface area contributed by atoms with Crippen LogP contribution in [0.3, 0.4) is 0 Å². The van der Waals surface area contributed by atoms with Crippen LogP contribution in [0.2, 0.25) is 0 Å². The van der Waals surface area contributed by atoms with Crippen molar-refractivity contribution < 1.29 is 13.2 Å². The normalized spacial score (nSPS) is 15.2. The zero-order valence-electron chi connectivity index (χ0n) is 19.5. The maximum Gasteiger partial charge on any atom is 0.244 e. The van der Waals surface area contributed by atoms with E-state index in [1.807, 2.05) is 24.3 Å². The molecule has 0 spiro atoms. The van der Waals surface area contributed by atoms with Gasteiger partial charge >= 0.3 is 0 Å². The van der Waals surface area contributed by atoms with Crippen LogP contribution in [0, 0.1) is 5.92 Å². The number of carbonyl (C=O) groups excluding carboxylic acids is 1. The standard InChI is InChI=1S/C27H28Br2N2O3S/c1-2-3-19-4-6-20(7-5-19)21-8-11-24(12-9-21)30-27(32)22-14-16-31(17-15-22)35(33,34)26-18-23(28)10-13-25(26)29/h4-13,18,22H,2-3,14-17H2,1H3,(H,30,32). The predicted molar refractivity (Wildman–Crippen MR) is 148 cm³/mol. The molecule has 0 bridgehead atoms. The van der Waals surface area contributed by atoms with Gasteiger partial charge in [-0.15, -0.1) is 0 Å². The molecule has 0 unspecified atom stereocenters. The fourth-order valence-electron chi connectivity index (χ4n) is 4.32. The molecular weight excluding hydrogens is 592 g/mol. The average molecular weight is 620 g/mol. The van der Waals surface area contributed by atoms with Gasteiger partial charge in [-0.25, -0.2) is 8.42 Å². The van der Waals surface area contributed by atoms with Gasteiger partial charge in [0.05, 0.1) is 4.90 Å². The second-order valence-electron chi connectivity index (χ2n) is 8.77. The van der Waals surface area contributed by atoms with E-state index in [1.54, 1.807) is 18.2 Å². The number of hydrogen-bond donors (Lipinski definition) is 1. The fourth-order valence-corrected chi connectivity index (χ4v) is 7.25. The monoisotopic (exact) mass is 618 g/mol. The lowest BCUT2D eigenvalue weighted by atomic mass is 9.97. The summed E-state index contributed by atoms with van der Waals surface area (Å²) in [5.74, 6) is -0.291. The van der Waals surface area contributed by atoms with Crippen molar-refractivity contribution in [3.05, 3.63) is 81.2 Å². The lowest BCUT2D eigenvalue weighted by Gasteiger charge is -2.30. The number of nitrogens with one attached hydrogen (secondary N) is 1. The number of sulfonamides is 1. The summed E-state index contributed by atoms with van der Waals surface area (Å²) in [5, 5.41) is 3.00. The molecule has 35 heavy (non-hydrogen) atoms. The lowest BCUT2D eigenvalue weighted by Crippen LogP contribution is -2.41. The van der Waals surface area contributed by atoms with Crippen molar-refractivity contribution in [2.45, 2.75) is 37.5 Å². The molecule has 3 aromatic rings. The summed E-state index contributed by atoms with van der Waals surface area (Å²) in [6, 6.07) is 21.5. The van der Waals surface area contributed by atoms with Crippen LogP contribution in [-0.2, 0) is 21.2 Å². The minimum absolute atomic E-state index is 0.0673. The van der Waals surface area contributed by atoms with Gasteiger partial charge in [0.2, 0.25) is 15.9 Å².